The fourth-order valence-electron chi connectivity index (χ4n) is 2.87. The van der Waals surface area contributed by atoms with Crippen LogP contribution in [0.1, 0.15) is 64.2 Å². The van der Waals surface area contributed by atoms with Crippen molar-refractivity contribution in [1.82, 2.24) is 5.32 Å². The molecule has 1 N–H and O–H groups in total. The van der Waals surface area contributed by atoms with Gasteiger partial charge in [0.15, 0.2) is 0 Å². The Kier molecular flexibility index (Phi) is 6.25. The molecule has 2 heteroatoms. The van der Waals surface area contributed by atoms with Gasteiger partial charge in [0, 0.05) is 30.9 Å². The molecule has 2 fully saturated rings. The first kappa shape index (κ1) is 12.6. The first-order chi connectivity index (χ1) is 6.45. The van der Waals surface area contributed by atoms with Crippen LogP contribution in [0.3, 0.4) is 0 Å². The van der Waals surface area contributed by atoms with E-state index in [1.807, 2.05) is 0 Å². The minimum atomic E-state index is 0. The van der Waals surface area contributed by atoms with Crippen LogP contribution in [0.5, 0.6) is 0 Å². The molecule has 2 saturated carbocycles. The summed E-state index contributed by atoms with van der Waals surface area (Å²) in [5.74, 6) is 0. The van der Waals surface area contributed by atoms with Crippen molar-refractivity contribution in [2.75, 3.05) is 0 Å². The number of hydrogen-bond donors (Lipinski definition) is 1. The van der Waals surface area contributed by atoms with Gasteiger partial charge in [0.25, 0.3) is 0 Å². The zero-order valence-corrected chi connectivity index (χ0v) is 9.73. The molecule has 0 aromatic rings. The summed E-state index contributed by atoms with van der Waals surface area (Å²) in [5, 5.41) is 3.86. The molecule has 0 aromatic heterocycles. The molecular formula is C12H23LiN. The van der Waals surface area contributed by atoms with Crippen molar-refractivity contribution in [3.8, 4) is 0 Å². The summed E-state index contributed by atoms with van der Waals surface area (Å²) >= 11 is 0. The zero-order chi connectivity index (χ0) is 8.93. The van der Waals surface area contributed by atoms with Crippen LogP contribution in [0.15, 0.2) is 0 Å². The predicted octanol–water partition coefficient (Wildman–Crippen LogP) is 2.86. The Morgan fingerprint density at radius 1 is 0.571 bits per heavy atom. The fourth-order valence-corrected chi connectivity index (χ4v) is 2.87. The van der Waals surface area contributed by atoms with E-state index in [0.29, 0.717) is 0 Å². The quantitative estimate of drug-likeness (QED) is 0.657. The molecule has 1 radical (unpaired) electrons. The van der Waals surface area contributed by atoms with Gasteiger partial charge in [-0.2, -0.15) is 0 Å². The normalized spacial score (nSPS) is 25.7. The molecule has 0 bridgehead atoms. The van der Waals surface area contributed by atoms with Crippen molar-refractivity contribution in [3.05, 3.63) is 0 Å². The summed E-state index contributed by atoms with van der Waals surface area (Å²) < 4.78 is 0. The van der Waals surface area contributed by atoms with E-state index < -0.39 is 0 Å². The third-order valence-corrected chi connectivity index (χ3v) is 3.68. The molecular weight excluding hydrogens is 165 g/mol. The third-order valence-electron chi connectivity index (χ3n) is 3.68. The van der Waals surface area contributed by atoms with E-state index in [1.165, 1.54) is 64.2 Å². The molecule has 2 rings (SSSR count). The Hall–Kier alpha value is 0.557. The van der Waals surface area contributed by atoms with Gasteiger partial charge in [-0.3, -0.25) is 0 Å². The van der Waals surface area contributed by atoms with Crippen LogP contribution in [-0.2, 0) is 0 Å². The van der Waals surface area contributed by atoms with Crippen LogP contribution in [0.4, 0.5) is 0 Å². The number of nitrogens with one attached hydrogen (secondary N) is 1. The standard InChI is InChI=1S/C12H23N.Li/c1-3-7-11(8-4-1)13-12-9-5-2-6-10-12;/h11-13H,1-10H2;. The minimum Gasteiger partial charge on any atom is -0.311 e. The smallest absolute Gasteiger partial charge is 0.00696 e. The summed E-state index contributed by atoms with van der Waals surface area (Å²) in [6.07, 6.45) is 14.6. The molecule has 1 nitrogen and oxygen atoms in total. The monoisotopic (exact) mass is 188 g/mol. The summed E-state index contributed by atoms with van der Waals surface area (Å²) in [6, 6.07) is 1.74. The third kappa shape index (κ3) is 3.97. The first-order valence-electron chi connectivity index (χ1n) is 6.21. The van der Waals surface area contributed by atoms with E-state index in [0.717, 1.165) is 12.1 Å². The van der Waals surface area contributed by atoms with E-state index in [9.17, 15) is 0 Å². The van der Waals surface area contributed by atoms with Gasteiger partial charge in [0.05, 0.1) is 0 Å². The van der Waals surface area contributed by atoms with Crippen molar-refractivity contribution >= 4 is 18.9 Å². The van der Waals surface area contributed by atoms with Crippen LogP contribution in [-0.4, -0.2) is 30.9 Å². The summed E-state index contributed by atoms with van der Waals surface area (Å²) in [6.45, 7) is 0. The predicted molar refractivity (Wildman–Crippen MR) is 62.6 cm³/mol. The summed E-state index contributed by atoms with van der Waals surface area (Å²) in [7, 11) is 0. The van der Waals surface area contributed by atoms with E-state index in [4.69, 9.17) is 0 Å². The van der Waals surface area contributed by atoms with Gasteiger partial charge in [0.1, 0.15) is 0 Å². The average molecular weight is 188 g/mol. The largest absolute Gasteiger partial charge is 0.311 e. The maximum Gasteiger partial charge on any atom is 0.00696 e. The van der Waals surface area contributed by atoms with Crippen LogP contribution >= 0.6 is 0 Å². The Bertz CT molecular complexity index is 121. The summed E-state index contributed by atoms with van der Waals surface area (Å²) in [5.41, 5.74) is 0. The Labute approximate surface area is 101 Å². The van der Waals surface area contributed by atoms with Crippen LogP contribution < -0.4 is 5.32 Å². The van der Waals surface area contributed by atoms with Gasteiger partial charge in [-0.25, -0.2) is 0 Å². The first-order valence-corrected chi connectivity index (χ1v) is 6.21. The van der Waals surface area contributed by atoms with Crippen molar-refractivity contribution in [2.45, 2.75) is 76.3 Å². The molecule has 0 amide bonds. The van der Waals surface area contributed by atoms with Crippen LogP contribution in [0.25, 0.3) is 0 Å². The van der Waals surface area contributed by atoms with E-state index >= 15 is 0 Å². The average Bonchev–Trinajstić information content (AvgIpc) is 2.21. The second-order valence-electron chi connectivity index (χ2n) is 4.84. The molecule has 0 saturated heterocycles. The molecule has 0 aliphatic heterocycles. The summed E-state index contributed by atoms with van der Waals surface area (Å²) in [4.78, 5) is 0. The molecule has 0 unspecified atom stereocenters. The van der Waals surface area contributed by atoms with Gasteiger partial charge in [-0.15, -0.1) is 0 Å². The maximum absolute atomic E-state index is 3.86. The second kappa shape index (κ2) is 6.94. The van der Waals surface area contributed by atoms with Gasteiger partial charge in [-0.05, 0) is 25.7 Å². The topological polar surface area (TPSA) is 12.0 Å². The number of rotatable bonds is 2. The van der Waals surface area contributed by atoms with Crippen molar-refractivity contribution in [1.29, 1.82) is 0 Å². The minimum absolute atomic E-state index is 0. The van der Waals surface area contributed by atoms with Gasteiger partial charge >= 0.3 is 0 Å². The van der Waals surface area contributed by atoms with Crippen molar-refractivity contribution < 1.29 is 0 Å². The molecule has 14 heavy (non-hydrogen) atoms. The Morgan fingerprint density at radius 2 is 0.929 bits per heavy atom. The second-order valence-corrected chi connectivity index (χ2v) is 4.84. The van der Waals surface area contributed by atoms with E-state index in [2.05, 4.69) is 5.32 Å². The Balaban J connectivity index is 0.000000980. The van der Waals surface area contributed by atoms with Crippen LogP contribution in [0.2, 0.25) is 0 Å². The molecule has 2 aliphatic carbocycles. The molecule has 0 atom stereocenters. The number of hydrogen-bond acceptors (Lipinski definition) is 1. The van der Waals surface area contributed by atoms with Gasteiger partial charge in [0.2, 0.25) is 0 Å². The van der Waals surface area contributed by atoms with Gasteiger partial charge < -0.3 is 5.32 Å². The maximum atomic E-state index is 3.86. The van der Waals surface area contributed by atoms with E-state index in [-0.39, 0.29) is 18.9 Å². The molecule has 77 valence electrons. The van der Waals surface area contributed by atoms with Gasteiger partial charge in [-0.1, -0.05) is 38.5 Å². The van der Waals surface area contributed by atoms with Crippen LogP contribution in [0, 0.1) is 0 Å². The van der Waals surface area contributed by atoms with Crippen molar-refractivity contribution in [2.24, 2.45) is 0 Å². The zero-order valence-electron chi connectivity index (χ0n) is 9.73. The van der Waals surface area contributed by atoms with E-state index in [1.54, 1.807) is 0 Å². The Morgan fingerprint density at radius 3 is 1.29 bits per heavy atom. The molecule has 0 heterocycles. The molecule has 0 spiro atoms. The SMILES string of the molecule is C1CCC(NC2CCCCC2)CC1.[Li]. The molecule has 0 aromatic carbocycles. The fraction of sp³-hybridized carbons (Fsp3) is 1.00. The van der Waals surface area contributed by atoms with Crippen molar-refractivity contribution in [3.63, 3.8) is 0 Å². The molecule has 2 aliphatic rings.